The summed E-state index contributed by atoms with van der Waals surface area (Å²) in [6.07, 6.45) is 5.95. The largest absolute Gasteiger partial charge is 0.311 e. The van der Waals surface area contributed by atoms with Crippen molar-refractivity contribution in [3.8, 4) is 0 Å². The number of likely N-dealkylation sites (N-methyl/N-ethyl adjacent to an activating group) is 1. The van der Waals surface area contributed by atoms with Gasteiger partial charge in [-0.25, -0.2) is 0 Å². The SMILES string of the molecule is CCCCCC[C@H](NC)C(C)=O. The van der Waals surface area contributed by atoms with Gasteiger partial charge in [-0.1, -0.05) is 32.6 Å². The lowest BCUT2D eigenvalue weighted by molar-refractivity contribution is -0.119. The maximum atomic E-state index is 11.0. The molecule has 0 heterocycles. The van der Waals surface area contributed by atoms with Crippen molar-refractivity contribution < 1.29 is 4.79 Å². The Labute approximate surface area is 75.7 Å². The molecule has 0 saturated heterocycles. The highest BCUT2D eigenvalue weighted by Gasteiger charge is 2.09. The molecule has 0 radical (unpaired) electrons. The van der Waals surface area contributed by atoms with E-state index in [2.05, 4.69) is 12.2 Å². The van der Waals surface area contributed by atoms with Crippen molar-refractivity contribution in [3.63, 3.8) is 0 Å². The van der Waals surface area contributed by atoms with Crippen LogP contribution in [-0.2, 0) is 4.79 Å². The highest BCUT2D eigenvalue weighted by atomic mass is 16.1. The minimum Gasteiger partial charge on any atom is -0.311 e. The molecule has 0 aromatic carbocycles. The number of ketones is 1. The average molecular weight is 171 g/mol. The summed E-state index contributed by atoms with van der Waals surface area (Å²) in [4.78, 5) is 11.0. The molecule has 2 nitrogen and oxygen atoms in total. The van der Waals surface area contributed by atoms with Gasteiger partial charge in [-0.3, -0.25) is 4.79 Å². The van der Waals surface area contributed by atoms with Gasteiger partial charge in [0.15, 0.2) is 0 Å². The number of carbonyl (C=O) groups excluding carboxylic acids is 1. The lowest BCUT2D eigenvalue weighted by atomic mass is 10.1. The van der Waals surface area contributed by atoms with Gasteiger partial charge in [0.1, 0.15) is 5.78 Å². The summed E-state index contributed by atoms with van der Waals surface area (Å²) in [6, 6.07) is 0.0851. The predicted molar refractivity (Wildman–Crippen MR) is 52.3 cm³/mol. The molecule has 1 N–H and O–H groups in total. The maximum absolute atomic E-state index is 11.0. The molecule has 0 rings (SSSR count). The molecule has 0 amide bonds. The normalized spacial score (nSPS) is 12.9. The zero-order chi connectivity index (χ0) is 9.40. The molecule has 12 heavy (non-hydrogen) atoms. The molecule has 0 aromatic heterocycles. The van der Waals surface area contributed by atoms with Crippen LogP contribution in [0.4, 0.5) is 0 Å². The quantitative estimate of drug-likeness (QED) is 0.595. The van der Waals surface area contributed by atoms with Crippen LogP contribution in [0.15, 0.2) is 0 Å². The number of hydrogen-bond acceptors (Lipinski definition) is 2. The van der Waals surface area contributed by atoms with Crippen LogP contribution in [0.3, 0.4) is 0 Å². The minimum absolute atomic E-state index is 0.0851. The van der Waals surface area contributed by atoms with Crippen LogP contribution < -0.4 is 5.32 Å². The van der Waals surface area contributed by atoms with Crippen LogP contribution >= 0.6 is 0 Å². The molecule has 72 valence electrons. The highest BCUT2D eigenvalue weighted by Crippen LogP contribution is 2.05. The summed E-state index contributed by atoms with van der Waals surface area (Å²) < 4.78 is 0. The fourth-order valence-electron chi connectivity index (χ4n) is 1.33. The van der Waals surface area contributed by atoms with E-state index in [0.717, 1.165) is 6.42 Å². The smallest absolute Gasteiger partial charge is 0.146 e. The fraction of sp³-hybridized carbons (Fsp3) is 0.900. The Morgan fingerprint density at radius 2 is 2.00 bits per heavy atom. The van der Waals surface area contributed by atoms with E-state index in [1.165, 1.54) is 25.7 Å². The molecule has 1 atom stereocenters. The van der Waals surface area contributed by atoms with E-state index >= 15 is 0 Å². The summed E-state index contributed by atoms with van der Waals surface area (Å²) in [6.45, 7) is 3.85. The van der Waals surface area contributed by atoms with E-state index in [-0.39, 0.29) is 11.8 Å². The first-order chi connectivity index (χ1) is 5.72. The summed E-state index contributed by atoms with van der Waals surface area (Å²) in [5, 5.41) is 3.03. The van der Waals surface area contributed by atoms with Crippen molar-refractivity contribution in [2.45, 2.75) is 52.0 Å². The van der Waals surface area contributed by atoms with Gasteiger partial charge in [0.2, 0.25) is 0 Å². The molecule has 0 aliphatic rings. The molecule has 0 aliphatic carbocycles. The fourth-order valence-corrected chi connectivity index (χ4v) is 1.33. The molecule has 2 heteroatoms. The Kier molecular flexibility index (Phi) is 7.06. The molecular formula is C10H21NO. The van der Waals surface area contributed by atoms with Gasteiger partial charge in [-0.2, -0.15) is 0 Å². The molecule has 0 saturated carbocycles. The van der Waals surface area contributed by atoms with Gasteiger partial charge in [0.25, 0.3) is 0 Å². The van der Waals surface area contributed by atoms with Crippen LogP contribution in [0, 0.1) is 0 Å². The third-order valence-electron chi connectivity index (χ3n) is 2.19. The number of nitrogens with one attached hydrogen (secondary N) is 1. The Bertz CT molecular complexity index is 123. The third kappa shape index (κ3) is 5.30. The van der Waals surface area contributed by atoms with Crippen molar-refractivity contribution in [3.05, 3.63) is 0 Å². The Morgan fingerprint density at radius 3 is 2.42 bits per heavy atom. The average Bonchev–Trinajstić information content (AvgIpc) is 2.04. The van der Waals surface area contributed by atoms with Crippen molar-refractivity contribution in [1.82, 2.24) is 5.32 Å². The molecule has 0 spiro atoms. The van der Waals surface area contributed by atoms with E-state index in [1.807, 2.05) is 7.05 Å². The number of hydrogen-bond donors (Lipinski definition) is 1. The lowest BCUT2D eigenvalue weighted by Gasteiger charge is -2.11. The Balaban J connectivity index is 3.38. The maximum Gasteiger partial charge on any atom is 0.146 e. The third-order valence-corrected chi connectivity index (χ3v) is 2.19. The minimum atomic E-state index is 0.0851. The van der Waals surface area contributed by atoms with Crippen LogP contribution in [0.1, 0.15) is 46.0 Å². The molecular weight excluding hydrogens is 150 g/mol. The van der Waals surface area contributed by atoms with Crippen molar-refractivity contribution >= 4 is 5.78 Å². The number of carbonyl (C=O) groups is 1. The second-order valence-corrected chi connectivity index (χ2v) is 3.30. The first kappa shape index (κ1) is 11.6. The highest BCUT2D eigenvalue weighted by molar-refractivity contribution is 5.81. The van der Waals surface area contributed by atoms with E-state index in [0.29, 0.717) is 0 Å². The predicted octanol–water partition coefficient (Wildman–Crippen LogP) is 2.13. The standard InChI is InChI=1S/C10H21NO/c1-4-5-6-7-8-10(11-3)9(2)12/h10-11H,4-8H2,1-3H3/t10-/m0/s1. The summed E-state index contributed by atoms with van der Waals surface area (Å²) in [7, 11) is 1.85. The molecule has 0 aromatic rings. The topological polar surface area (TPSA) is 29.1 Å². The molecule has 0 fully saturated rings. The van der Waals surface area contributed by atoms with Crippen LogP contribution in [0.5, 0.6) is 0 Å². The lowest BCUT2D eigenvalue weighted by Crippen LogP contribution is -2.31. The van der Waals surface area contributed by atoms with Crippen molar-refractivity contribution in [2.24, 2.45) is 0 Å². The summed E-state index contributed by atoms with van der Waals surface area (Å²) in [5.41, 5.74) is 0. The van der Waals surface area contributed by atoms with E-state index in [4.69, 9.17) is 0 Å². The van der Waals surface area contributed by atoms with Gasteiger partial charge in [-0.05, 0) is 20.4 Å². The second-order valence-electron chi connectivity index (χ2n) is 3.30. The first-order valence-electron chi connectivity index (χ1n) is 4.90. The van der Waals surface area contributed by atoms with Gasteiger partial charge >= 0.3 is 0 Å². The van der Waals surface area contributed by atoms with Gasteiger partial charge in [0, 0.05) is 0 Å². The zero-order valence-electron chi connectivity index (χ0n) is 8.52. The Morgan fingerprint density at radius 1 is 1.33 bits per heavy atom. The Hall–Kier alpha value is -0.370. The van der Waals surface area contributed by atoms with Crippen LogP contribution in [-0.4, -0.2) is 18.9 Å². The first-order valence-corrected chi connectivity index (χ1v) is 4.90. The van der Waals surface area contributed by atoms with Gasteiger partial charge < -0.3 is 5.32 Å². The number of rotatable bonds is 7. The van der Waals surface area contributed by atoms with E-state index in [1.54, 1.807) is 6.92 Å². The monoisotopic (exact) mass is 171 g/mol. The van der Waals surface area contributed by atoms with Crippen molar-refractivity contribution in [1.29, 1.82) is 0 Å². The molecule has 0 bridgehead atoms. The van der Waals surface area contributed by atoms with Gasteiger partial charge in [-0.15, -0.1) is 0 Å². The molecule has 0 aliphatic heterocycles. The number of Topliss-reactive ketones (excluding diaryl/α,β-unsaturated/α-hetero) is 1. The summed E-state index contributed by atoms with van der Waals surface area (Å²) >= 11 is 0. The van der Waals surface area contributed by atoms with Crippen molar-refractivity contribution in [2.75, 3.05) is 7.05 Å². The zero-order valence-corrected chi connectivity index (χ0v) is 8.52. The van der Waals surface area contributed by atoms with E-state index < -0.39 is 0 Å². The van der Waals surface area contributed by atoms with Gasteiger partial charge in [0.05, 0.1) is 6.04 Å². The molecule has 0 unspecified atom stereocenters. The number of unbranched alkanes of at least 4 members (excludes halogenated alkanes) is 3. The summed E-state index contributed by atoms with van der Waals surface area (Å²) in [5.74, 6) is 0.258. The second kappa shape index (κ2) is 7.29. The van der Waals surface area contributed by atoms with Crippen LogP contribution in [0.25, 0.3) is 0 Å². The van der Waals surface area contributed by atoms with E-state index in [9.17, 15) is 4.79 Å². The van der Waals surface area contributed by atoms with Crippen LogP contribution in [0.2, 0.25) is 0 Å².